The third kappa shape index (κ3) is 4.05. The van der Waals surface area contributed by atoms with Crippen LogP contribution in [-0.2, 0) is 9.59 Å². The van der Waals surface area contributed by atoms with Gasteiger partial charge in [-0.15, -0.1) is 0 Å². The summed E-state index contributed by atoms with van der Waals surface area (Å²) in [6.07, 6.45) is 1.51. The smallest absolute Gasteiger partial charge is 0.272 e. The van der Waals surface area contributed by atoms with Gasteiger partial charge in [-0.25, -0.2) is 9.53 Å². The molecule has 1 fully saturated rings. The standard InChI is InChI=1S/C19H14ClN5O5S/c1-9(26)22-16-17(24-30-23-16)25-18(27)15(31-19(25)21)8-11-4-6-14(29-11)12-7-10(20)3-5-13(12)28-2/h3-8,21H,1-2H3,(H,22,23,26)/b15-8-,21-19?. The molecule has 0 radical (unpaired) electrons. The van der Waals surface area contributed by atoms with E-state index in [-0.39, 0.29) is 21.7 Å². The molecule has 1 aliphatic rings. The van der Waals surface area contributed by atoms with Crippen molar-refractivity contribution in [2.24, 2.45) is 0 Å². The Morgan fingerprint density at radius 1 is 1.32 bits per heavy atom. The molecule has 0 spiro atoms. The number of anilines is 2. The van der Waals surface area contributed by atoms with Crippen molar-refractivity contribution >= 4 is 58.1 Å². The number of benzene rings is 1. The number of methoxy groups -OCH3 is 1. The van der Waals surface area contributed by atoms with E-state index < -0.39 is 11.8 Å². The van der Waals surface area contributed by atoms with Crippen LogP contribution in [0.5, 0.6) is 5.75 Å². The van der Waals surface area contributed by atoms with Crippen LogP contribution in [0.25, 0.3) is 17.4 Å². The fourth-order valence-electron chi connectivity index (χ4n) is 2.83. The van der Waals surface area contributed by atoms with Crippen LogP contribution in [0.3, 0.4) is 0 Å². The Morgan fingerprint density at radius 2 is 2.13 bits per heavy atom. The third-order valence-corrected chi connectivity index (χ3v) is 5.25. The van der Waals surface area contributed by atoms with Gasteiger partial charge in [-0.1, -0.05) is 11.6 Å². The summed E-state index contributed by atoms with van der Waals surface area (Å²) < 4.78 is 15.8. The summed E-state index contributed by atoms with van der Waals surface area (Å²) in [7, 11) is 1.54. The van der Waals surface area contributed by atoms with Crippen LogP contribution < -0.4 is 15.0 Å². The number of nitrogens with one attached hydrogen (secondary N) is 2. The van der Waals surface area contributed by atoms with Crippen molar-refractivity contribution in [2.45, 2.75) is 6.92 Å². The Hall–Kier alpha value is -3.57. The predicted octanol–water partition coefficient (Wildman–Crippen LogP) is 4.01. The van der Waals surface area contributed by atoms with Gasteiger partial charge in [0.05, 0.1) is 17.6 Å². The Morgan fingerprint density at radius 3 is 2.87 bits per heavy atom. The lowest BCUT2D eigenvalue weighted by Crippen LogP contribution is -2.29. The summed E-state index contributed by atoms with van der Waals surface area (Å²) in [5, 5.41) is 18.2. The van der Waals surface area contributed by atoms with E-state index in [2.05, 4.69) is 20.3 Å². The molecular weight excluding hydrogens is 446 g/mol. The molecular formula is C19H14ClN5O5S. The molecule has 2 aromatic heterocycles. The van der Waals surface area contributed by atoms with Crippen molar-refractivity contribution in [3.63, 3.8) is 0 Å². The average Bonchev–Trinajstić information content (AvgIpc) is 3.42. The highest BCUT2D eigenvalue weighted by Crippen LogP contribution is 2.38. The Labute approximate surface area is 184 Å². The molecule has 3 aromatic rings. The molecule has 10 nitrogen and oxygen atoms in total. The highest BCUT2D eigenvalue weighted by molar-refractivity contribution is 8.19. The Bertz CT molecular complexity index is 1230. The van der Waals surface area contributed by atoms with E-state index in [4.69, 9.17) is 26.2 Å². The van der Waals surface area contributed by atoms with Crippen LogP contribution in [-0.4, -0.2) is 34.4 Å². The third-order valence-electron chi connectivity index (χ3n) is 4.13. The summed E-state index contributed by atoms with van der Waals surface area (Å²) in [6, 6.07) is 8.56. The lowest BCUT2D eigenvalue weighted by molar-refractivity contribution is -0.114. The number of hydrogen-bond donors (Lipinski definition) is 2. The van der Waals surface area contributed by atoms with Gasteiger partial charge in [-0.2, -0.15) is 0 Å². The molecule has 0 bridgehead atoms. The Kier molecular flexibility index (Phi) is 5.53. The van der Waals surface area contributed by atoms with Crippen LogP contribution in [0.2, 0.25) is 5.02 Å². The highest BCUT2D eigenvalue weighted by Gasteiger charge is 2.38. The van der Waals surface area contributed by atoms with Crippen molar-refractivity contribution in [1.82, 2.24) is 10.3 Å². The second-order valence-corrected chi connectivity index (χ2v) is 7.69. The zero-order valence-corrected chi connectivity index (χ0v) is 17.7. The van der Waals surface area contributed by atoms with E-state index in [0.29, 0.717) is 27.9 Å². The number of furan rings is 1. The number of amidine groups is 1. The number of carbonyl (C=O) groups is 2. The molecule has 0 aliphatic carbocycles. The summed E-state index contributed by atoms with van der Waals surface area (Å²) in [4.78, 5) is 25.4. The van der Waals surface area contributed by atoms with Crippen LogP contribution in [0.4, 0.5) is 11.6 Å². The van der Waals surface area contributed by atoms with Crippen molar-refractivity contribution < 1.29 is 23.4 Å². The minimum absolute atomic E-state index is 0.0548. The first-order chi connectivity index (χ1) is 14.9. The van der Waals surface area contributed by atoms with E-state index in [1.165, 1.54) is 13.0 Å². The number of amides is 2. The van der Waals surface area contributed by atoms with Gasteiger partial charge in [0, 0.05) is 18.0 Å². The first-order valence-electron chi connectivity index (χ1n) is 8.74. The molecule has 31 heavy (non-hydrogen) atoms. The maximum Gasteiger partial charge on any atom is 0.272 e. The van der Waals surface area contributed by atoms with E-state index in [9.17, 15) is 9.59 Å². The van der Waals surface area contributed by atoms with Crippen LogP contribution in [0.15, 0.2) is 44.3 Å². The fourth-order valence-corrected chi connectivity index (χ4v) is 3.83. The van der Waals surface area contributed by atoms with Crippen molar-refractivity contribution in [2.75, 3.05) is 17.3 Å². The molecule has 12 heteroatoms. The molecule has 3 heterocycles. The monoisotopic (exact) mass is 459 g/mol. The van der Waals surface area contributed by atoms with E-state index >= 15 is 0 Å². The number of nitrogens with zero attached hydrogens (tertiary/aromatic N) is 3. The summed E-state index contributed by atoms with van der Waals surface area (Å²) in [6.45, 7) is 1.28. The van der Waals surface area contributed by atoms with Gasteiger partial charge >= 0.3 is 0 Å². The van der Waals surface area contributed by atoms with Gasteiger partial charge in [0.2, 0.25) is 17.5 Å². The molecule has 1 aliphatic heterocycles. The summed E-state index contributed by atoms with van der Waals surface area (Å²) >= 11 is 6.99. The molecule has 1 saturated heterocycles. The van der Waals surface area contributed by atoms with Gasteiger partial charge < -0.3 is 14.5 Å². The topological polar surface area (TPSA) is 135 Å². The SMILES string of the molecule is COc1ccc(Cl)cc1-c1ccc(/C=C2\SC(=N)N(c3nonc3NC(C)=O)C2=O)o1. The van der Waals surface area contributed by atoms with Gasteiger partial charge in [0.25, 0.3) is 5.91 Å². The molecule has 0 unspecified atom stereocenters. The van der Waals surface area contributed by atoms with Crippen LogP contribution in [0, 0.1) is 5.41 Å². The van der Waals surface area contributed by atoms with E-state index in [0.717, 1.165) is 16.7 Å². The number of hydrogen-bond acceptors (Lipinski definition) is 9. The van der Waals surface area contributed by atoms with Gasteiger partial charge in [0.15, 0.2) is 5.17 Å². The van der Waals surface area contributed by atoms with E-state index in [1.807, 2.05) is 0 Å². The number of thioether (sulfide) groups is 1. The van der Waals surface area contributed by atoms with Crippen molar-refractivity contribution in [3.8, 4) is 17.1 Å². The number of halogens is 1. The molecule has 4 rings (SSSR count). The highest BCUT2D eigenvalue weighted by atomic mass is 35.5. The van der Waals surface area contributed by atoms with Crippen molar-refractivity contribution in [3.05, 3.63) is 46.0 Å². The quantitative estimate of drug-likeness (QED) is 0.546. The largest absolute Gasteiger partial charge is 0.496 e. The summed E-state index contributed by atoms with van der Waals surface area (Å²) in [5.74, 6) is 0.394. The number of rotatable bonds is 5. The normalized spacial score (nSPS) is 15.1. The number of carbonyl (C=O) groups excluding carboxylic acids is 2. The lowest BCUT2D eigenvalue weighted by atomic mass is 10.1. The zero-order chi connectivity index (χ0) is 22.1. The first-order valence-corrected chi connectivity index (χ1v) is 9.93. The number of ether oxygens (including phenoxy) is 1. The van der Waals surface area contributed by atoms with Gasteiger partial charge in [0.1, 0.15) is 17.3 Å². The molecule has 158 valence electrons. The molecule has 0 saturated carbocycles. The van der Waals surface area contributed by atoms with Crippen LogP contribution in [0.1, 0.15) is 12.7 Å². The minimum atomic E-state index is -0.532. The number of aromatic nitrogens is 2. The maximum absolute atomic E-state index is 12.9. The van der Waals surface area contributed by atoms with Crippen molar-refractivity contribution in [1.29, 1.82) is 5.41 Å². The Balaban J connectivity index is 1.62. The van der Waals surface area contributed by atoms with Gasteiger partial charge in [-0.3, -0.25) is 15.0 Å². The minimum Gasteiger partial charge on any atom is -0.496 e. The second kappa shape index (κ2) is 8.28. The fraction of sp³-hybridized carbons (Fsp3) is 0.105. The average molecular weight is 460 g/mol. The molecule has 2 N–H and O–H groups in total. The maximum atomic E-state index is 12.9. The molecule has 2 amide bonds. The lowest BCUT2D eigenvalue weighted by Gasteiger charge is -2.10. The first kappa shape index (κ1) is 20.7. The summed E-state index contributed by atoms with van der Waals surface area (Å²) in [5.41, 5.74) is 0.660. The van der Waals surface area contributed by atoms with E-state index in [1.54, 1.807) is 37.4 Å². The predicted molar refractivity (Wildman–Crippen MR) is 115 cm³/mol. The van der Waals surface area contributed by atoms with Crippen LogP contribution >= 0.6 is 23.4 Å². The zero-order valence-electron chi connectivity index (χ0n) is 16.1. The molecule has 0 atom stereocenters. The molecule has 1 aromatic carbocycles. The van der Waals surface area contributed by atoms with Gasteiger partial charge in [-0.05, 0) is 52.4 Å². The second-order valence-electron chi connectivity index (χ2n) is 6.22.